The molecule has 1 fully saturated rings. The summed E-state index contributed by atoms with van der Waals surface area (Å²) in [4.78, 5) is 0. The Balaban J connectivity index is 2.04. The lowest BCUT2D eigenvalue weighted by molar-refractivity contribution is -0.0416. The third-order valence-electron chi connectivity index (χ3n) is 4.49. The maximum atomic E-state index is 10.6. The second-order valence-electron chi connectivity index (χ2n) is 5.95. The fraction of sp³-hybridized carbons (Fsp3) is 0.294. The summed E-state index contributed by atoms with van der Waals surface area (Å²) in [6.07, 6.45) is -0.672. The molecule has 1 aromatic heterocycles. The number of rotatable bonds is 1. The van der Waals surface area contributed by atoms with Crippen LogP contribution in [0.5, 0.6) is 0 Å². The summed E-state index contributed by atoms with van der Waals surface area (Å²) in [5.74, 6) is 0. The Hall–Kier alpha value is -1.30. The molecular formula is C17H16Cl2N2O2. The number of nitrogens with two attached hydrogens (primary N) is 1. The van der Waals surface area contributed by atoms with Crippen molar-refractivity contribution in [1.29, 1.82) is 0 Å². The molecule has 1 aliphatic rings. The van der Waals surface area contributed by atoms with Gasteiger partial charge in [0.15, 0.2) is 0 Å². The molecular weight excluding hydrogens is 335 g/mol. The van der Waals surface area contributed by atoms with Crippen molar-refractivity contribution in [2.75, 3.05) is 13.2 Å². The van der Waals surface area contributed by atoms with Gasteiger partial charge < -0.3 is 20.1 Å². The number of hydrogen-bond donors (Lipinski definition) is 2. The highest BCUT2D eigenvalue weighted by molar-refractivity contribution is 6.33. The predicted octanol–water partition coefficient (Wildman–Crippen LogP) is 3.36. The van der Waals surface area contributed by atoms with Gasteiger partial charge in [0.25, 0.3) is 0 Å². The number of hydrogen-bond acceptors (Lipinski definition) is 3. The van der Waals surface area contributed by atoms with Crippen LogP contribution in [0.15, 0.2) is 36.4 Å². The largest absolute Gasteiger partial charge is 0.389 e. The third kappa shape index (κ3) is 2.42. The van der Waals surface area contributed by atoms with Crippen molar-refractivity contribution in [3.05, 3.63) is 46.4 Å². The smallest absolute Gasteiger partial charge is 0.0943 e. The van der Waals surface area contributed by atoms with Crippen LogP contribution in [0.3, 0.4) is 0 Å². The van der Waals surface area contributed by atoms with Crippen molar-refractivity contribution in [3.63, 3.8) is 0 Å². The van der Waals surface area contributed by atoms with Gasteiger partial charge >= 0.3 is 0 Å². The van der Waals surface area contributed by atoms with Crippen LogP contribution in [0.1, 0.15) is 6.04 Å². The molecule has 0 radical (unpaired) electrons. The van der Waals surface area contributed by atoms with Crippen LogP contribution in [0, 0.1) is 0 Å². The summed E-state index contributed by atoms with van der Waals surface area (Å²) in [5, 5.41) is 13.9. The zero-order chi connectivity index (χ0) is 16.1. The number of aromatic nitrogens is 1. The first-order chi connectivity index (χ1) is 11.1. The van der Waals surface area contributed by atoms with Crippen LogP contribution in [-0.2, 0) is 4.74 Å². The first-order valence-electron chi connectivity index (χ1n) is 7.46. The van der Waals surface area contributed by atoms with Crippen LogP contribution in [0.4, 0.5) is 0 Å². The molecule has 1 aliphatic heterocycles. The molecule has 3 atom stereocenters. The summed E-state index contributed by atoms with van der Waals surface area (Å²) in [6.45, 7) is 0.783. The van der Waals surface area contributed by atoms with E-state index in [1.165, 1.54) is 0 Å². The molecule has 1 saturated heterocycles. The Morgan fingerprint density at radius 1 is 1.00 bits per heavy atom. The predicted molar refractivity (Wildman–Crippen MR) is 93.3 cm³/mol. The Morgan fingerprint density at radius 2 is 1.57 bits per heavy atom. The number of aliphatic hydroxyl groups excluding tert-OH is 1. The van der Waals surface area contributed by atoms with Crippen LogP contribution >= 0.6 is 23.2 Å². The lowest BCUT2D eigenvalue weighted by Crippen LogP contribution is -2.49. The summed E-state index contributed by atoms with van der Waals surface area (Å²) < 4.78 is 7.66. The third-order valence-corrected chi connectivity index (χ3v) is 4.96. The normalized spacial score (nSPS) is 25.3. The molecule has 120 valence electrons. The zero-order valence-corrected chi connectivity index (χ0v) is 13.8. The van der Waals surface area contributed by atoms with E-state index in [0.717, 1.165) is 21.8 Å². The first kappa shape index (κ1) is 15.2. The van der Waals surface area contributed by atoms with Crippen LogP contribution in [-0.4, -0.2) is 35.0 Å². The molecule has 3 aromatic rings. The molecule has 2 heterocycles. The van der Waals surface area contributed by atoms with Crippen molar-refractivity contribution in [1.82, 2.24) is 4.57 Å². The van der Waals surface area contributed by atoms with Crippen LogP contribution in [0.2, 0.25) is 10.0 Å². The topological polar surface area (TPSA) is 60.4 Å². The maximum Gasteiger partial charge on any atom is 0.0943 e. The SMILES string of the molecule is N[C@@H]1COC[C@H](n2c3ccc(Cl)cc3c3cc(Cl)ccc32)[C@H]1O. The quantitative estimate of drug-likeness (QED) is 0.707. The fourth-order valence-corrected chi connectivity index (χ4v) is 3.73. The van der Waals surface area contributed by atoms with Gasteiger partial charge in [-0.25, -0.2) is 0 Å². The van der Waals surface area contributed by atoms with Crippen LogP contribution in [0.25, 0.3) is 21.8 Å². The molecule has 2 aromatic carbocycles. The fourth-order valence-electron chi connectivity index (χ4n) is 3.39. The van der Waals surface area contributed by atoms with Crippen molar-refractivity contribution in [2.24, 2.45) is 5.73 Å². The molecule has 0 saturated carbocycles. The van der Waals surface area contributed by atoms with Gasteiger partial charge in [0, 0.05) is 31.9 Å². The van der Waals surface area contributed by atoms with Crippen molar-refractivity contribution in [3.8, 4) is 0 Å². The van der Waals surface area contributed by atoms with Crippen molar-refractivity contribution < 1.29 is 9.84 Å². The zero-order valence-electron chi connectivity index (χ0n) is 12.2. The summed E-state index contributed by atoms with van der Waals surface area (Å²) >= 11 is 12.3. The van der Waals surface area contributed by atoms with E-state index >= 15 is 0 Å². The van der Waals surface area contributed by atoms with Gasteiger partial charge in [0.2, 0.25) is 0 Å². The minimum atomic E-state index is -0.672. The molecule has 4 nitrogen and oxygen atoms in total. The van der Waals surface area contributed by atoms with Gasteiger partial charge in [-0.3, -0.25) is 0 Å². The lowest BCUT2D eigenvalue weighted by Gasteiger charge is -2.34. The molecule has 0 bridgehead atoms. The molecule has 0 spiro atoms. The Bertz CT molecular complexity index is 834. The summed E-state index contributed by atoms with van der Waals surface area (Å²) in [7, 11) is 0. The monoisotopic (exact) mass is 350 g/mol. The number of nitrogens with zero attached hydrogens (tertiary/aromatic N) is 1. The molecule has 0 unspecified atom stereocenters. The molecule has 6 heteroatoms. The molecule has 3 N–H and O–H groups in total. The van der Waals surface area contributed by atoms with E-state index in [1.54, 1.807) is 0 Å². The standard InChI is InChI=1S/C17H16Cl2N2O2/c18-9-1-3-14-11(5-9)12-6-10(19)2-4-15(12)21(14)16-8-23-7-13(20)17(16)22/h1-6,13,16-17,22H,7-8,20H2/t13-,16+,17+/m1/s1. The Labute approximate surface area is 143 Å². The van der Waals surface area contributed by atoms with E-state index < -0.39 is 12.1 Å². The van der Waals surface area contributed by atoms with Gasteiger partial charge in [-0.2, -0.15) is 0 Å². The molecule has 4 rings (SSSR count). The average Bonchev–Trinajstić information content (AvgIpc) is 2.83. The second-order valence-corrected chi connectivity index (χ2v) is 6.83. The van der Waals surface area contributed by atoms with Gasteiger partial charge in [0.1, 0.15) is 0 Å². The summed E-state index contributed by atoms with van der Waals surface area (Å²) in [6, 6.07) is 10.8. The maximum absolute atomic E-state index is 10.6. The highest BCUT2D eigenvalue weighted by atomic mass is 35.5. The van der Waals surface area contributed by atoms with E-state index in [4.69, 9.17) is 33.7 Å². The highest BCUT2D eigenvalue weighted by Gasteiger charge is 2.33. The molecule has 23 heavy (non-hydrogen) atoms. The number of aliphatic hydroxyl groups is 1. The first-order valence-corrected chi connectivity index (χ1v) is 8.22. The Morgan fingerprint density at radius 3 is 2.13 bits per heavy atom. The van der Waals surface area contributed by atoms with E-state index in [2.05, 4.69) is 4.57 Å². The van der Waals surface area contributed by atoms with E-state index in [0.29, 0.717) is 23.3 Å². The molecule has 0 aliphatic carbocycles. The van der Waals surface area contributed by atoms with Crippen molar-refractivity contribution in [2.45, 2.75) is 18.2 Å². The van der Waals surface area contributed by atoms with E-state index in [1.807, 2.05) is 36.4 Å². The number of ether oxygens (including phenoxy) is 1. The highest BCUT2D eigenvalue weighted by Crippen LogP contribution is 2.36. The van der Waals surface area contributed by atoms with Gasteiger partial charge in [-0.05, 0) is 36.4 Å². The molecule has 0 amide bonds. The minimum Gasteiger partial charge on any atom is -0.389 e. The lowest BCUT2D eigenvalue weighted by atomic mass is 10.0. The van der Waals surface area contributed by atoms with Crippen molar-refractivity contribution >= 4 is 45.0 Å². The van der Waals surface area contributed by atoms with Gasteiger partial charge in [-0.15, -0.1) is 0 Å². The van der Waals surface area contributed by atoms with Gasteiger partial charge in [0.05, 0.1) is 31.4 Å². The number of fused-ring (bicyclic) bond motifs is 3. The number of halogens is 2. The van der Waals surface area contributed by atoms with E-state index in [-0.39, 0.29) is 6.04 Å². The number of benzene rings is 2. The average molecular weight is 351 g/mol. The van der Waals surface area contributed by atoms with Crippen LogP contribution < -0.4 is 5.73 Å². The summed E-state index contributed by atoms with van der Waals surface area (Å²) in [5.41, 5.74) is 7.94. The Kier molecular flexibility index (Phi) is 3.75. The minimum absolute atomic E-state index is 0.249. The second kappa shape index (κ2) is 5.65. The van der Waals surface area contributed by atoms with Gasteiger partial charge in [-0.1, -0.05) is 23.2 Å². The van der Waals surface area contributed by atoms with E-state index in [9.17, 15) is 5.11 Å².